The Bertz CT molecular complexity index is 698. The number of amides is 1. The molecule has 0 bridgehead atoms. The van der Waals surface area contributed by atoms with Gasteiger partial charge in [-0.2, -0.15) is 0 Å². The molecule has 1 aromatic carbocycles. The Balaban J connectivity index is 2.47. The van der Waals surface area contributed by atoms with Gasteiger partial charge in [0.25, 0.3) is 11.6 Å². The topological polar surface area (TPSA) is 101 Å². The number of rotatable bonds is 3. The van der Waals surface area contributed by atoms with E-state index in [1.54, 1.807) is 33.8 Å². The van der Waals surface area contributed by atoms with Crippen molar-refractivity contribution in [3.63, 3.8) is 0 Å². The molecule has 2 unspecified atom stereocenters. The Labute approximate surface area is 134 Å². The summed E-state index contributed by atoms with van der Waals surface area (Å²) < 4.78 is 0. The van der Waals surface area contributed by atoms with Crippen molar-refractivity contribution >= 4 is 17.6 Å². The maximum atomic E-state index is 12.9. The number of carboxylic acid groups (broad SMARTS) is 1. The standard InChI is InChI=1S/C16H20N2O5/c1-8-7-9(2)14(18(22)23)10(3)13(8)15(19)17-6-5-12(11(17)4)16(20)21/h7,11-12H,5-6H2,1-4H3,(H,20,21). The summed E-state index contributed by atoms with van der Waals surface area (Å²) in [5.74, 6) is -1.85. The molecule has 1 aliphatic heterocycles. The van der Waals surface area contributed by atoms with E-state index in [1.165, 1.54) is 4.90 Å². The molecule has 0 radical (unpaired) electrons. The zero-order chi connectivity index (χ0) is 17.5. The zero-order valence-electron chi connectivity index (χ0n) is 13.6. The molecule has 0 aliphatic carbocycles. The first-order valence-corrected chi connectivity index (χ1v) is 7.45. The van der Waals surface area contributed by atoms with Gasteiger partial charge in [0.05, 0.1) is 16.4 Å². The second kappa shape index (κ2) is 5.98. The highest BCUT2D eigenvalue weighted by atomic mass is 16.6. The van der Waals surface area contributed by atoms with Crippen molar-refractivity contribution in [3.8, 4) is 0 Å². The summed E-state index contributed by atoms with van der Waals surface area (Å²) in [5, 5.41) is 20.4. The van der Waals surface area contributed by atoms with Crippen LogP contribution in [0.4, 0.5) is 5.69 Å². The van der Waals surface area contributed by atoms with Crippen LogP contribution in [0.15, 0.2) is 6.07 Å². The van der Waals surface area contributed by atoms with E-state index in [1.807, 2.05) is 0 Å². The normalized spacial score (nSPS) is 20.6. The number of carbonyl (C=O) groups excluding carboxylic acids is 1. The number of nitro groups is 1. The number of hydrogen-bond acceptors (Lipinski definition) is 4. The smallest absolute Gasteiger partial charge is 0.308 e. The summed E-state index contributed by atoms with van der Waals surface area (Å²) in [6, 6.07) is 1.20. The van der Waals surface area contributed by atoms with Crippen LogP contribution in [0.1, 0.15) is 40.4 Å². The highest BCUT2D eigenvalue weighted by molar-refractivity contribution is 5.99. The van der Waals surface area contributed by atoms with Crippen molar-refractivity contribution in [1.29, 1.82) is 0 Å². The van der Waals surface area contributed by atoms with E-state index in [0.717, 1.165) is 0 Å². The third-order valence-electron chi connectivity index (χ3n) is 4.66. The van der Waals surface area contributed by atoms with Gasteiger partial charge < -0.3 is 10.0 Å². The third kappa shape index (κ3) is 2.78. The van der Waals surface area contributed by atoms with E-state index in [9.17, 15) is 24.8 Å². The second-order valence-electron chi connectivity index (χ2n) is 6.09. The summed E-state index contributed by atoms with van der Waals surface area (Å²) in [7, 11) is 0. The van der Waals surface area contributed by atoms with Crippen LogP contribution in [0.25, 0.3) is 0 Å². The highest BCUT2D eigenvalue weighted by Crippen LogP contribution is 2.32. The largest absolute Gasteiger partial charge is 0.481 e. The third-order valence-corrected chi connectivity index (χ3v) is 4.66. The van der Waals surface area contributed by atoms with Crippen molar-refractivity contribution in [3.05, 3.63) is 38.4 Å². The molecule has 1 aromatic rings. The summed E-state index contributed by atoms with van der Waals surface area (Å²) in [4.78, 5) is 36.4. The molecule has 23 heavy (non-hydrogen) atoms. The number of aryl methyl sites for hydroxylation is 2. The maximum Gasteiger partial charge on any atom is 0.308 e. The fourth-order valence-corrected chi connectivity index (χ4v) is 3.49. The van der Waals surface area contributed by atoms with Crippen molar-refractivity contribution < 1.29 is 19.6 Å². The van der Waals surface area contributed by atoms with Gasteiger partial charge in [0.1, 0.15) is 0 Å². The first-order valence-electron chi connectivity index (χ1n) is 7.45. The van der Waals surface area contributed by atoms with Crippen LogP contribution in [-0.2, 0) is 4.79 Å². The molecule has 0 aromatic heterocycles. The molecule has 1 saturated heterocycles. The molecule has 7 heteroatoms. The predicted octanol–water partition coefficient (Wildman–Crippen LogP) is 2.46. The SMILES string of the molecule is Cc1cc(C)c([N+](=O)[O-])c(C)c1C(=O)N1CCC(C(=O)O)C1C. The first kappa shape index (κ1) is 16.9. The lowest BCUT2D eigenvalue weighted by Gasteiger charge is -2.25. The number of benzene rings is 1. The minimum atomic E-state index is -0.920. The molecule has 124 valence electrons. The van der Waals surface area contributed by atoms with Gasteiger partial charge in [-0.25, -0.2) is 0 Å². The molecule has 2 atom stereocenters. The van der Waals surface area contributed by atoms with Crippen molar-refractivity contribution in [2.45, 2.75) is 40.2 Å². The Kier molecular flexibility index (Phi) is 4.40. The summed E-state index contributed by atoms with van der Waals surface area (Å²) >= 11 is 0. The van der Waals surface area contributed by atoms with Crippen molar-refractivity contribution in [2.24, 2.45) is 5.92 Å². The minimum Gasteiger partial charge on any atom is -0.481 e. The van der Waals surface area contributed by atoms with Crippen molar-refractivity contribution in [2.75, 3.05) is 6.54 Å². The number of nitrogens with zero attached hydrogens (tertiary/aromatic N) is 2. The van der Waals surface area contributed by atoms with E-state index < -0.39 is 22.9 Å². The van der Waals surface area contributed by atoms with Gasteiger partial charge in [-0.3, -0.25) is 19.7 Å². The Morgan fingerprint density at radius 1 is 1.30 bits per heavy atom. The number of aliphatic carboxylic acids is 1. The van der Waals surface area contributed by atoms with E-state index in [2.05, 4.69) is 0 Å². The number of nitro benzene ring substituents is 1. The van der Waals surface area contributed by atoms with Crippen LogP contribution in [0.5, 0.6) is 0 Å². The van der Waals surface area contributed by atoms with Crippen LogP contribution in [0.3, 0.4) is 0 Å². The number of hydrogen-bond donors (Lipinski definition) is 1. The minimum absolute atomic E-state index is 0.0550. The van der Waals surface area contributed by atoms with E-state index in [0.29, 0.717) is 35.2 Å². The monoisotopic (exact) mass is 320 g/mol. The zero-order valence-corrected chi connectivity index (χ0v) is 13.6. The lowest BCUT2D eigenvalue weighted by molar-refractivity contribution is -0.386. The molecule has 0 saturated carbocycles. The van der Waals surface area contributed by atoms with E-state index in [-0.39, 0.29) is 11.6 Å². The number of likely N-dealkylation sites (tertiary alicyclic amines) is 1. The van der Waals surface area contributed by atoms with Gasteiger partial charge in [0, 0.05) is 23.7 Å². The molecule has 2 rings (SSSR count). The molecule has 1 fully saturated rings. The van der Waals surface area contributed by atoms with Crippen molar-refractivity contribution in [1.82, 2.24) is 4.90 Å². The average molecular weight is 320 g/mol. The number of carboxylic acids is 1. The van der Waals surface area contributed by atoms with E-state index in [4.69, 9.17) is 0 Å². The maximum absolute atomic E-state index is 12.9. The lowest BCUT2D eigenvalue weighted by Crippen LogP contribution is -2.38. The molecule has 1 aliphatic rings. The second-order valence-corrected chi connectivity index (χ2v) is 6.09. The van der Waals surface area contributed by atoms with Gasteiger partial charge in [-0.1, -0.05) is 0 Å². The Morgan fingerprint density at radius 3 is 2.39 bits per heavy atom. The molecule has 1 heterocycles. The van der Waals surface area contributed by atoms with Crippen LogP contribution in [0.2, 0.25) is 0 Å². The summed E-state index contributed by atoms with van der Waals surface area (Å²) in [6.45, 7) is 7.01. The fourth-order valence-electron chi connectivity index (χ4n) is 3.49. The van der Waals surface area contributed by atoms with Gasteiger partial charge in [0.2, 0.25) is 0 Å². The van der Waals surface area contributed by atoms with E-state index >= 15 is 0 Å². The van der Waals surface area contributed by atoms with Crippen LogP contribution in [-0.4, -0.2) is 39.4 Å². The quantitative estimate of drug-likeness (QED) is 0.681. The molecular weight excluding hydrogens is 300 g/mol. The summed E-state index contributed by atoms with van der Waals surface area (Å²) in [6.07, 6.45) is 0.397. The molecule has 7 nitrogen and oxygen atoms in total. The molecule has 1 amide bonds. The average Bonchev–Trinajstić information content (AvgIpc) is 2.79. The number of carbonyl (C=O) groups is 2. The lowest BCUT2D eigenvalue weighted by atomic mass is 9.96. The predicted molar refractivity (Wildman–Crippen MR) is 83.5 cm³/mol. The first-order chi connectivity index (χ1) is 10.7. The van der Waals surface area contributed by atoms with Crippen LogP contribution >= 0.6 is 0 Å². The highest BCUT2D eigenvalue weighted by Gasteiger charge is 2.39. The van der Waals surface area contributed by atoms with Gasteiger partial charge in [-0.05, 0) is 45.7 Å². The molecule has 0 spiro atoms. The van der Waals surface area contributed by atoms with Gasteiger partial charge >= 0.3 is 5.97 Å². The molecular formula is C16H20N2O5. The van der Waals surface area contributed by atoms with Crippen LogP contribution in [0, 0.1) is 36.8 Å². The van der Waals surface area contributed by atoms with Gasteiger partial charge in [-0.15, -0.1) is 0 Å². The fraction of sp³-hybridized carbons (Fsp3) is 0.500. The van der Waals surface area contributed by atoms with Crippen LogP contribution < -0.4 is 0 Å². The Hall–Kier alpha value is -2.44. The molecule has 1 N–H and O–H groups in total. The Morgan fingerprint density at radius 2 is 1.91 bits per heavy atom. The van der Waals surface area contributed by atoms with Gasteiger partial charge in [0.15, 0.2) is 0 Å². The summed E-state index contributed by atoms with van der Waals surface area (Å²) in [5.41, 5.74) is 1.77.